The van der Waals surface area contributed by atoms with Gasteiger partial charge in [0.2, 0.25) is 11.8 Å². The Morgan fingerprint density at radius 3 is 2.86 bits per heavy atom. The zero-order valence-electron chi connectivity index (χ0n) is 12.2. The average Bonchev–Trinajstić information content (AvgIpc) is 2.71. The van der Waals surface area contributed by atoms with Gasteiger partial charge < -0.3 is 16.4 Å². The molecule has 0 bridgehead atoms. The van der Waals surface area contributed by atoms with Gasteiger partial charge in [-0.2, -0.15) is 0 Å². The molecule has 1 aromatic rings. The van der Waals surface area contributed by atoms with Gasteiger partial charge in [-0.1, -0.05) is 30.3 Å². The van der Waals surface area contributed by atoms with Crippen LogP contribution in [0.5, 0.6) is 0 Å². The SMILES string of the molecule is N[C@@H](CCc1ccccc1)C(=O)NC1CCCCNC1=O. The van der Waals surface area contributed by atoms with Gasteiger partial charge in [0, 0.05) is 6.54 Å². The highest BCUT2D eigenvalue weighted by atomic mass is 16.2. The van der Waals surface area contributed by atoms with E-state index in [0.29, 0.717) is 19.4 Å². The van der Waals surface area contributed by atoms with Gasteiger partial charge >= 0.3 is 0 Å². The second-order valence-corrected chi connectivity index (χ2v) is 5.48. The fourth-order valence-corrected chi connectivity index (χ4v) is 2.45. The van der Waals surface area contributed by atoms with Crippen molar-refractivity contribution in [3.05, 3.63) is 35.9 Å². The predicted octanol–water partition coefficient (Wildman–Crippen LogP) is 0.731. The molecular weight excluding hydrogens is 266 g/mol. The summed E-state index contributed by atoms with van der Waals surface area (Å²) in [6.07, 6.45) is 3.90. The second-order valence-electron chi connectivity index (χ2n) is 5.48. The highest BCUT2D eigenvalue weighted by Crippen LogP contribution is 2.07. The molecular formula is C16H23N3O2. The summed E-state index contributed by atoms with van der Waals surface area (Å²) in [6.45, 7) is 0.686. The van der Waals surface area contributed by atoms with E-state index in [2.05, 4.69) is 10.6 Å². The van der Waals surface area contributed by atoms with Gasteiger partial charge in [0.05, 0.1) is 6.04 Å². The van der Waals surface area contributed by atoms with E-state index in [1.54, 1.807) is 0 Å². The summed E-state index contributed by atoms with van der Waals surface area (Å²) in [7, 11) is 0. The first kappa shape index (κ1) is 15.5. The van der Waals surface area contributed by atoms with Crippen LogP contribution in [0.15, 0.2) is 30.3 Å². The molecule has 2 amide bonds. The molecule has 0 aliphatic carbocycles. The van der Waals surface area contributed by atoms with Crippen molar-refractivity contribution in [1.29, 1.82) is 0 Å². The van der Waals surface area contributed by atoms with E-state index in [1.165, 1.54) is 0 Å². The Labute approximate surface area is 125 Å². The van der Waals surface area contributed by atoms with Gasteiger partial charge in [0.25, 0.3) is 0 Å². The van der Waals surface area contributed by atoms with Crippen molar-refractivity contribution in [1.82, 2.24) is 10.6 Å². The molecule has 0 saturated carbocycles. The van der Waals surface area contributed by atoms with Crippen LogP contribution in [0.4, 0.5) is 0 Å². The molecule has 114 valence electrons. The number of carbonyl (C=O) groups excluding carboxylic acids is 2. The first-order valence-electron chi connectivity index (χ1n) is 7.54. The Bertz CT molecular complexity index is 476. The van der Waals surface area contributed by atoms with Crippen LogP contribution >= 0.6 is 0 Å². The molecule has 21 heavy (non-hydrogen) atoms. The minimum absolute atomic E-state index is 0.101. The van der Waals surface area contributed by atoms with Crippen LogP contribution in [0.25, 0.3) is 0 Å². The van der Waals surface area contributed by atoms with Crippen LogP contribution < -0.4 is 16.4 Å². The molecule has 1 aliphatic rings. The maximum absolute atomic E-state index is 12.1. The third-order valence-electron chi connectivity index (χ3n) is 3.78. The number of rotatable bonds is 5. The van der Waals surface area contributed by atoms with E-state index in [0.717, 1.165) is 24.8 Å². The summed E-state index contributed by atoms with van der Waals surface area (Å²) in [6, 6.07) is 8.91. The van der Waals surface area contributed by atoms with Crippen LogP contribution in [0.2, 0.25) is 0 Å². The van der Waals surface area contributed by atoms with E-state index < -0.39 is 12.1 Å². The largest absolute Gasteiger partial charge is 0.354 e. The predicted molar refractivity (Wildman–Crippen MR) is 81.5 cm³/mol. The van der Waals surface area contributed by atoms with Gasteiger partial charge in [-0.15, -0.1) is 0 Å². The first-order valence-corrected chi connectivity index (χ1v) is 7.54. The van der Waals surface area contributed by atoms with Crippen molar-refractivity contribution in [3.8, 4) is 0 Å². The lowest BCUT2D eigenvalue weighted by Gasteiger charge is -2.18. The van der Waals surface area contributed by atoms with Crippen molar-refractivity contribution in [2.45, 2.75) is 44.2 Å². The molecule has 1 saturated heterocycles. The Morgan fingerprint density at radius 1 is 1.33 bits per heavy atom. The molecule has 1 aromatic carbocycles. The molecule has 1 unspecified atom stereocenters. The molecule has 1 heterocycles. The van der Waals surface area contributed by atoms with Gasteiger partial charge in [0.1, 0.15) is 6.04 Å². The average molecular weight is 289 g/mol. The normalized spacial score (nSPS) is 20.2. The maximum Gasteiger partial charge on any atom is 0.242 e. The summed E-state index contributed by atoms with van der Waals surface area (Å²) >= 11 is 0. The fourth-order valence-electron chi connectivity index (χ4n) is 2.45. The van der Waals surface area contributed by atoms with E-state index >= 15 is 0 Å². The van der Waals surface area contributed by atoms with Crippen LogP contribution in [-0.4, -0.2) is 30.4 Å². The highest BCUT2D eigenvalue weighted by molar-refractivity contribution is 5.89. The summed E-state index contributed by atoms with van der Waals surface area (Å²) < 4.78 is 0. The molecule has 1 fully saturated rings. The Kier molecular flexibility index (Phi) is 5.75. The van der Waals surface area contributed by atoms with Crippen LogP contribution in [0.3, 0.4) is 0 Å². The number of nitrogens with two attached hydrogens (primary N) is 1. The lowest BCUT2D eigenvalue weighted by molar-refractivity contribution is -0.129. The van der Waals surface area contributed by atoms with E-state index in [1.807, 2.05) is 30.3 Å². The lowest BCUT2D eigenvalue weighted by Crippen LogP contribution is -2.50. The number of hydrogen-bond acceptors (Lipinski definition) is 3. The number of benzene rings is 1. The van der Waals surface area contributed by atoms with Crippen molar-refractivity contribution >= 4 is 11.8 Å². The molecule has 4 N–H and O–H groups in total. The fraction of sp³-hybridized carbons (Fsp3) is 0.500. The highest BCUT2D eigenvalue weighted by Gasteiger charge is 2.24. The van der Waals surface area contributed by atoms with E-state index in [9.17, 15) is 9.59 Å². The molecule has 5 nitrogen and oxygen atoms in total. The summed E-state index contributed by atoms with van der Waals surface area (Å²) in [5.74, 6) is -0.343. The molecule has 5 heteroatoms. The summed E-state index contributed by atoms with van der Waals surface area (Å²) in [5.41, 5.74) is 7.08. The zero-order chi connectivity index (χ0) is 15.1. The second kappa shape index (κ2) is 7.78. The summed E-state index contributed by atoms with van der Waals surface area (Å²) in [4.78, 5) is 23.9. The van der Waals surface area contributed by atoms with Gasteiger partial charge in [-0.3, -0.25) is 9.59 Å². The van der Waals surface area contributed by atoms with Gasteiger partial charge in [-0.25, -0.2) is 0 Å². The van der Waals surface area contributed by atoms with Crippen LogP contribution in [-0.2, 0) is 16.0 Å². The molecule has 2 rings (SSSR count). The third kappa shape index (κ3) is 4.86. The number of aryl methyl sites for hydroxylation is 1. The van der Waals surface area contributed by atoms with Gasteiger partial charge in [0.15, 0.2) is 0 Å². The molecule has 0 spiro atoms. The van der Waals surface area contributed by atoms with Crippen LogP contribution in [0, 0.1) is 0 Å². The monoisotopic (exact) mass is 289 g/mol. The van der Waals surface area contributed by atoms with Crippen molar-refractivity contribution in [3.63, 3.8) is 0 Å². The smallest absolute Gasteiger partial charge is 0.242 e. The topological polar surface area (TPSA) is 84.2 Å². The van der Waals surface area contributed by atoms with Crippen molar-refractivity contribution in [2.75, 3.05) is 6.54 Å². The molecule has 2 atom stereocenters. The van der Waals surface area contributed by atoms with Crippen LogP contribution in [0.1, 0.15) is 31.2 Å². The Morgan fingerprint density at radius 2 is 2.10 bits per heavy atom. The number of carbonyl (C=O) groups is 2. The minimum atomic E-state index is -0.582. The van der Waals surface area contributed by atoms with E-state index in [4.69, 9.17) is 5.73 Å². The zero-order valence-corrected chi connectivity index (χ0v) is 12.2. The lowest BCUT2D eigenvalue weighted by atomic mass is 10.0. The standard InChI is InChI=1S/C16H23N3O2/c17-13(10-9-12-6-2-1-3-7-12)15(20)19-14-8-4-5-11-18-16(14)21/h1-3,6-7,13-14H,4-5,8-11,17H2,(H,18,21)(H,19,20)/t13-,14?/m0/s1. The Balaban J connectivity index is 1.80. The maximum atomic E-state index is 12.1. The molecule has 0 radical (unpaired) electrons. The van der Waals surface area contributed by atoms with E-state index in [-0.39, 0.29) is 11.8 Å². The minimum Gasteiger partial charge on any atom is -0.354 e. The molecule has 1 aliphatic heterocycles. The summed E-state index contributed by atoms with van der Waals surface area (Å²) in [5, 5.41) is 5.57. The molecule has 0 aromatic heterocycles. The first-order chi connectivity index (χ1) is 10.2. The van der Waals surface area contributed by atoms with Crippen molar-refractivity contribution < 1.29 is 9.59 Å². The number of nitrogens with one attached hydrogen (secondary N) is 2. The number of hydrogen-bond donors (Lipinski definition) is 3. The Hall–Kier alpha value is -1.88. The third-order valence-corrected chi connectivity index (χ3v) is 3.78. The van der Waals surface area contributed by atoms with Crippen molar-refractivity contribution in [2.24, 2.45) is 5.73 Å². The number of amides is 2. The van der Waals surface area contributed by atoms with Gasteiger partial charge in [-0.05, 0) is 37.7 Å². The quantitative estimate of drug-likeness (QED) is 0.747.